The van der Waals surface area contributed by atoms with Crippen molar-refractivity contribution in [1.82, 2.24) is 10.0 Å². The molecule has 2 aliphatic heterocycles. The van der Waals surface area contributed by atoms with Gasteiger partial charge in [0.25, 0.3) is 5.91 Å². The van der Waals surface area contributed by atoms with E-state index in [1.165, 1.54) is 27.1 Å². The fourth-order valence-electron chi connectivity index (χ4n) is 4.62. The number of hydrazine groups is 1. The highest BCUT2D eigenvalue weighted by atomic mass is 35.5. The molecular formula is C25H19ClF3N3O2. The van der Waals surface area contributed by atoms with Crippen molar-refractivity contribution in [3.05, 3.63) is 101 Å². The van der Waals surface area contributed by atoms with Gasteiger partial charge in [-0.05, 0) is 47.5 Å². The van der Waals surface area contributed by atoms with Gasteiger partial charge in [0.05, 0.1) is 18.2 Å². The molecule has 0 saturated carbocycles. The average Bonchev–Trinajstić information content (AvgIpc) is 3.24. The van der Waals surface area contributed by atoms with Crippen molar-refractivity contribution < 1.29 is 22.8 Å². The molecule has 0 aromatic heterocycles. The Morgan fingerprint density at radius 3 is 2.09 bits per heavy atom. The predicted octanol–water partition coefficient (Wildman–Crippen LogP) is 5.88. The zero-order chi connectivity index (χ0) is 24.0. The first-order chi connectivity index (χ1) is 16.2. The summed E-state index contributed by atoms with van der Waals surface area (Å²) in [6.45, 7) is -0.0225. The highest BCUT2D eigenvalue weighted by Crippen LogP contribution is 2.45. The van der Waals surface area contributed by atoms with E-state index >= 15 is 0 Å². The van der Waals surface area contributed by atoms with Crippen LogP contribution >= 0.6 is 11.6 Å². The third-order valence-electron chi connectivity index (χ3n) is 6.22. The predicted molar refractivity (Wildman–Crippen MR) is 121 cm³/mol. The largest absolute Gasteiger partial charge is 0.416 e. The fourth-order valence-corrected chi connectivity index (χ4v) is 4.75. The molecule has 2 atom stereocenters. The molecule has 0 bridgehead atoms. The Morgan fingerprint density at radius 1 is 0.824 bits per heavy atom. The molecule has 3 amide bonds. The summed E-state index contributed by atoms with van der Waals surface area (Å²) in [5.41, 5.74) is 1.22. The number of hydrogen-bond acceptors (Lipinski definition) is 2. The molecule has 3 aromatic rings. The van der Waals surface area contributed by atoms with E-state index < -0.39 is 23.8 Å². The second-order valence-corrected chi connectivity index (χ2v) is 8.68. The molecule has 0 aliphatic carbocycles. The number of carbonyl (C=O) groups excluding carboxylic acids is 2. The average molecular weight is 486 g/mol. The van der Waals surface area contributed by atoms with Crippen LogP contribution in [0.1, 0.15) is 28.7 Å². The highest BCUT2D eigenvalue weighted by Gasteiger charge is 2.51. The second-order valence-electron chi connectivity index (χ2n) is 8.25. The molecule has 2 saturated heterocycles. The molecule has 0 N–H and O–H groups in total. The number of urea groups is 1. The first-order valence-electron chi connectivity index (χ1n) is 10.6. The number of rotatable bonds is 3. The number of halogens is 4. The first-order valence-corrected chi connectivity index (χ1v) is 11.0. The van der Waals surface area contributed by atoms with E-state index in [4.69, 9.17) is 11.6 Å². The summed E-state index contributed by atoms with van der Waals surface area (Å²) in [5.74, 6) is -0.513. The SMILES string of the molecule is O=C1N(c2ccc(C(F)(F)F)cc2)CC(=O)N2C(c3ccc(Cl)cc3)C(c3ccccc3)CN12. The van der Waals surface area contributed by atoms with Gasteiger partial charge in [-0.3, -0.25) is 9.69 Å². The van der Waals surface area contributed by atoms with Crippen LogP contribution in [0.4, 0.5) is 23.7 Å². The summed E-state index contributed by atoms with van der Waals surface area (Å²) < 4.78 is 38.9. The number of amides is 3. The van der Waals surface area contributed by atoms with Crippen LogP contribution in [-0.4, -0.2) is 35.0 Å². The van der Waals surface area contributed by atoms with Gasteiger partial charge in [-0.15, -0.1) is 0 Å². The fraction of sp³-hybridized carbons (Fsp3) is 0.200. The van der Waals surface area contributed by atoms with Crippen LogP contribution in [0.3, 0.4) is 0 Å². The van der Waals surface area contributed by atoms with Crippen molar-refractivity contribution in [3.63, 3.8) is 0 Å². The lowest BCUT2D eigenvalue weighted by Gasteiger charge is -2.41. The maximum atomic E-state index is 13.5. The Balaban J connectivity index is 1.51. The quantitative estimate of drug-likeness (QED) is 0.465. The van der Waals surface area contributed by atoms with Crippen LogP contribution in [0.5, 0.6) is 0 Å². The zero-order valence-electron chi connectivity index (χ0n) is 17.7. The molecule has 0 spiro atoms. The smallest absolute Gasteiger partial charge is 0.283 e. The highest BCUT2D eigenvalue weighted by molar-refractivity contribution is 6.30. The molecule has 2 aliphatic rings. The lowest BCUT2D eigenvalue weighted by molar-refractivity contribution is -0.144. The van der Waals surface area contributed by atoms with Crippen molar-refractivity contribution in [2.75, 3.05) is 18.0 Å². The Hall–Kier alpha value is -3.52. The minimum Gasteiger partial charge on any atom is -0.283 e. The minimum atomic E-state index is -4.49. The molecule has 2 unspecified atom stereocenters. The van der Waals surface area contributed by atoms with Crippen LogP contribution in [-0.2, 0) is 11.0 Å². The van der Waals surface area contributed by atoms with Crippen molar-refractivity contribution in [2.45, 2.75) is 18.1 Å². The molecule has 5 nitrogen and oxygen atoms in total. The van der Waals surface area contributed by atoms with Gasteiger partial charge in [-0.25, -0.2) is 14.8 Å². The summed E-state index contributed by atoms with van der Waals surface area (Å²) in [6.07, 6.45) is -4.49. The Kier molecular flexibility index (Phi) is 5.48. The number of fused-ring (bicyclic) bond motifs is 1. The van der Waals surface area contributed by atoms with Crippen LogP contribution in [0, 0.1) is 0 Å². The lowest BCUT2D eigenvalue weighted by Crippen LogP contribution is -2.60. The molecule has 9 heteroatoms. The van der Waals surface area contributed by atoms with Crippen LogP contribution in [0.15, 0.2) is 78.9 Å². The topological polar surface area (TPSA) is 43.9 Å². The van der Waals surface area contributed by atoms with Crippen LogP contribution in [0.25, 0.3) is 0 Å². The summed E-state index contributed by atoms with van der Waals surface area (Å²) in [7, 11) is 0. The summed E-state index contributed by atoms with van der Waals surface area (Å²) >= 11 is 6.07. The van der Waals surface area contributed by atoms with Gasteiger partial charge in [0.2, 0.25) is 0 Å². The summed E-state index contributed by atoms with van der Waals surface area (Å²) in [4.78, 5) is 28.0. The van der Waals surface area contributed by atoms with Gasteiger partial charge >= 0.3 is 12.2 Å². The van der Waals surface area contributed by atoms with Gasteiger partial charge in [-0.2, -0.15) is 13.2 Å². The molecule has 5 rings (SSSR count). The Labute approximate surface area is 198 Å². The Morgan fingerprint density at radius 2 is 1.47 bits per heavy atom. The molecule has 0 radical (unpaired) electrons. The van der Waals surface area contributed by atoms with Crippen LogP contribution in [0.2, 0.25) is 5.02 Å². The van der Waals surface area contributed by atoms with Gasteiger partial charge in [0, 0.05) is 16.6 Å². The minimum absolute atomic E-state index is 0.192. The maximum absolute atomic E-state index is 13.5. The maximum Gasteiger partial charge on any atom is 0.416 e. The van der Waals surface area contributed by atoms with E-state index in [2.05, 4.69) is 0 Å². The van der Waals surface area contributed by atoms with E-state index in [0.29, 0.717) is 5.02 Å². The lowest BCUT2D eigenvalue weighted by atomic mass is 9.88. The number of alkyl halides is 3. The van der Waals surface area contributed by atoms with Crippen molar-refractivity contribution in [2.24, 2.45) is 0 Å². The molecule has 2 heterocycles. The summed E-state index contributed by atoms with van der Waals surface area (Å²) in [5, 5.41) is 3.42. The van der Waals surface area contributed by atoms with E-state index in [9.17, 15) is 22.8 Å². The van der Waals surface area contributed by atoms with Crippen molar-refractivity contribution in [1.29, 1.82) is 0 Å². The molecule has 3 aromatic carbocycles. The van der Waals surface area contributed by atoms with Gasteiger partial charge < -0.3 is 0 Å². The summed E-state index contributed by atoms with van der Waals surface area (Å²) in [6, 6.07) is 20.1. The molecule has 2 fully saturated rings. The zero-order valence-corrected chi connectivity index (χ0v) is 18.5. The first kappa shape index (κ1) is 22.3. The van der Waals surface area contributed by atoms with Gasteiger partial charge in [-0.1, -0.05) is 54.1 Å². The van der Waals surface area contributed by atoms with Crippen LogP contribution < -0.4 is 4.90 Å². The number of anilines is 1. The van der Waals surface area contributed by atoms with E-state index in [1.807, 2.05) is 42.5 Å². The Bertz CT molecular complexity index is 1220. The molecular weight excluding hydrogens is 467 g/mol. The second kappa shape index (κ2) is 8.36. The van der Waals surface area contributed by atoms with Gasteiger partial charge in [0.1, 0.15) is 6.54 Å². The van der Waals surface area contributed by atoms with E-state index in [1.54, 1.807) is 12.1 Å². The molecule has 174 valence electrons. The number of benzene rings is 3. The number of hydrogen-bond donors (Lipinski definition) is 0. The van der Waals surface area contributed by atoms with E-state index in [0.717, 1.165) is 23.3 Å². The van der Waals surface area contributed by atoms with Gasteiger partial charge in [0.15, 0.2) is 0 Å². The number of nitrogens with zero attached hydrogens (tertiary/aromatic N) is 3. The van der Waals surface area contributed by atoms with Crippen molar-refractivity contribution in [3.8, 4) is 0 Å². The van der Waals surface area contributed by atoms with Crippen molar-refractivity contribution >= 4 is 29.2 Å². The third-order valence-corrected chi connectivity index (χ3v) is 6.47. The third kappa shape index (κ3) is 3.88. The molecule has 34 heavy (non-hydrogen) atoms. The standard InChI is InChI=1S/C25H19ClF3N3O2/c26-19-10-6-17(7-11-19)23-21(16-4-2-1-3-5-16)14-31-24(34)30(15-22(33)32(23)31)20-12-8-18(9-13-20)25(27,28)29/h1-13,21,23H,14-15H2. The van der Waals surface area contributed by atoms with E-state index in [-0.39, 0.29) is 30.6 Å². The monoisotopic (exact) mass is 485 g/mol. The number of carbonyl (C=O) groups is 2. The normalized spacial score (nSPS) is 20.6.